The summed E-state index contributed by atoms with van der Waals surface area (Å²) < 4.78 is 4.57. The Hall–Kier alpha value is 0.500. The summed E-state index contributed by atoms with van der Waals surface area (Å²) in [7, 11) is 1.63. The maximum absolute atomic E-state index is 5.01. The fourth-order valence-corrected chi connectivity index (χ4v) is 0.118. The first-order valence-electron chi connectivity index (χ1n) is 1.61. The van der Waals surface area contributed by atoms with Gasteiger partial charge in [-0.25, -0.2) is 0 Å². The lowest BCUT2D eigenvalue weighted by atomic mass is 10.7. The van der Waals surface area contributed by atoms with Crippen molar-refractivity contribution in [2.75, 3.05) is 20.3 Å². The highest BCUT2D eigenvalue weighted by Gasteiger charge is 1.65. The summed E-state index contributed by atoms with van der Waals surface area (Å²) >= 11 is 0. The molecule has 0 aliphatic rings. The molecule has 0 saturated carbocycles. The second kappa shape index (κ2) is 16.1. The number of hydrogen-bond donors (Lipinski definition) is 1. The summed E-state index contributed by atoms with van der Waals surface area (Å²) in [5.74, 6) is 0. The molecular weight excluding hydrogens is 137 g/mol. The van der Waals surface area contributed by atoms with Gasteiger partial charge in [-0.05, 0) is 0 Å². The number of halogens is 2. The van der Waals surface area contributed by atoms with E-state index in [0.717, 1.165) is 0 Å². The molecule has 0 atom stereocenters. The van der Waals surface area contributed by atoms with Crippen LogP contribution >= 0.6 is 24.8 Å². The van der Waals surface area contributed by atoms with Gasteiger partial charge in [0.15, 0.2) is 0 Å². The fourth-order valence-electron chi connectivity index (χ4n) is 0.118. The zero-order chi connectivity index (χ0) is 4.12. The lowest BCUT2D eigenvalue weighted by Crippen LogP contribution is -2.05. The molecular formula is C3H11Cl2NO. The Labute approximate surface area is 56.2 Å². The van der Waals surface area contributed by atoms with Crippen LogP contribution in [-0.4, -0.2) is 20.3 Å². The van der Waals surface area contributed by atoms with Crippen molar-refractivity contribution in [3.63, 3.8) is 0 Å². The minimum absolute atomic E-state index is 0. The molecule has 0 aromatic rings. The highest BCUT2D eigenvalue weighted by Crippen LogP contribution is 1.53. The van der Waals surface area contributed by atoms with Gasteiger partial charge in [-0.15, -0.1) is 24.8 Å². The van der Waals surface area contributed by atoms with E-state index in [2.05, 4.69) is 4.74 Å². The Balaban J connectivity index is -0.0000000800. The van der Waals surface area contributed by atoms with Crippen molar-refractivity contribution in [1.29, 1.82) is 0 Å². The quantitative estimate of drug-likeness (QED) is 0.616. The molecule has 7 heavy (non-hydrogen) atoms. The second-order valence-corrected chi connectivity index (χ2v) is 0.781. The van der Waals surface area contributed by atoms with Crippen molar-refractivity contribution in [3.8, 4) is 0 Å². The van der Waals surface area contributed by atoms with E-state index in [0.29, 0.717) is 13.2 Å². The van der Waals surface area contributed by atoms with Gasteiger partial charge in [0, 0.05) is 13.7 Å². The molecule has 0 unspecified atom stereocenters. The topological polar surface area (TPSA) is 35.2 Å². The first kappa shape index (κ1) is 15.6. The van der Waals surface area contributed by atoms with Gasteiger partial charge in [0.25, 0.3) is 0 Å². The molecule has 0 spiro atoms. The van der Waals surface area contributed by atoms with E-state index in [1.165, 1.54) is 0 Å². The molecule has 48 valence electrons. The standard InChI is InChI=1S/C3H9NO.2ClH/c1-5-3-2-4;;/h2-4H2,1H3;2*1H. The molecule has 0 radical (unpaired) electrons. The molecule has 0 aliphatic heterocycles. The number of methoxy groups -OCH3 is 1. The molecule has 0 bridgehead atoms. The molecule has 0 aromatic heterocycles. The molecule has 0 aliphatic carbocycles. The van der Waals surface area contributed by atoms with Gasteiger partial charge in [0.1, 0.15) is 0 Å². The van der Waals surface area contributed by atoms with Crippen LogP contribution < -0.4 is 5.73 Å². The van der Waals surface area contributed by atoms with Crippen molar-refractivity contribution < 1.29 is 4.74 Å². The summed E-state index contributed by atoms with van der Waals surface area (Å²) in [6, 6.07) is 0. The minimum Gasteiger partial charge on any atom is -0.383 e. The number of rotatable bonds is 2. The van der Waals surface area contributed by atoms with E-state index in [-0.39, 0.29) is 24.8 Å². The van der Waals surface area contributed by atoms with Gasteiger partial charge in [-0.1, -0.05) is 0 Å². The lowest BCUT2D eigenvalue weighted by Gasteiger charge is -1.85. The van der Waals surface area contributed by atoms with Crippen LogP contribution in [0.3, 0.4) is 0 Å². The van der Waals surface area contributed by atoms with Gasteiger partial charge < -0.3 is 10.5 Å². The first-order valence-corrected chi connectivity index (χ1v) is 1.61. The smallest absolute Gasteiger partial charge is 0.0584 e. The largest absolute Gasteiger partial charge is 0.383 e. The van der Waals surface area contributed by atoms with Gasteiger partial charge in [-0.2, -0.15) is 0 Å². The fraction of sp³-hybridized carbons (Fsp3) is 1.00. The third-order valence-corrected chi connectivity index (χ3v) is 0.322. The highest BCUT2D eigenvalue weighted by molar-refractivity contribution is 5.85. The Morgan fingerprint density at radius 2 is 1.86 bits per heavy atom. The normalized spacial score (nSPS) is 6.00. The molecule has 2 nitrogen and oxygen atoms in total. The van der Waals surface area contributed by atoms with Crippen LogP contribution in [0, 0.1) is 0 Å². The van der Waals surface area contributed by atoms with Crippen LogP contribution in [0.1, 0.15) is 0 Å². The van der Waals surface area contributed by atoms with Crippen molar-refractivity contribution in [2.45, 2.75) is 0 Å². The molecule has 2 N–H and O–H groups in total. The number of hydrogen-bond acceptors (Lipinski definition) is 2. The van der Waals surface area contributed by atoms with E-state index in [1.54, 1.807) is 7.11 Å². The zero-order valence-electron chi connectivity index (χ0n) is 4.22. The summed E-state index contributed by atoms with van der Waals surface area (Å²) in [4.78, 5) is 0. The zero-order valence-corrected chi connectivity index (χ0v) is 5.85. The summed E-state index contributed by atoms with van der Waals surface area (Å²) in [5.41, 5.74) is 5.01. The summed E-state index contributed by atoms with van der Waals surface area (Å²) in [5, 5.41) is 0. The molecule has 0 rings (SSSR count). The van der Waals surface area contributed by atoms with Crippen LogP contribution in [0.4, 0.5) is 0 Å². The van der Waals surface area contributed by atoms with Crippen LogP contribution in [-0.2, 0) is 4.74 Å². The highest BCUT2D eigenvalue weighted by atomic mass is 35.5. The van der Waals surface area contributed by atoms with Crippen LogP contribution in [0.2, 0.25) is 0 Å². The van der Waals surface area contributed by atoms with E-state index >= 15 is 0 Å². The Kier molecular flexibility index (Phi) is 35.9. The van der Waals surface area contributed by atoms with Gasteiger partial charge in [0.05, 0.1) is 6.61 Å². The second-order valence-electron chi connectivity index (χ2n) is 0.781. The van der Waals surface area contributed by atoms with Crippen molar-refractivity contribution >= 4 is 24.8 Å². The van der Waals surface area contributed by atoms with Crippen LogP contribution in [0.25, 0.3) is 0 Å². The molecule has 0 saturated heterocycles. The Morgan fingerprint density at radius 3 is 1.86 bits per heavy atom. The third kappa shape index (κ3) is 21.1. The SMILES string of the molecule is COCCN.Cl.Cl. The summed E-state index contributed by atoms with van der Waals surface area (Å²) in [6.07, 6.45) is 0. The number of ether oxygens (including phenoxy) is 1. The van der Waals surface area contributed by atoms with Crippen molar-refractivity contribution in [1.82, 2.24) is 0 Å². The van der Waals surface area contributed by atoms with Gasteiger partial charge >= 0.3 is 0 Å². The van der Waals surface area contributed by atoms with E-state index in [4.69, 9.17) is 5.73 Å². The van der Waals surface area contributed by atoms with E-state index in [9.17, 15) is 0 Å². The maximum Gasteiger partial charge on any atom is 0.0584 e. The Bertz CT molecular complexity index is 20.4. The predicted molar refractivity (Wildman–Crippen MR) is 35.4 cm³/mol. The van der Waals surface area contributed by atoms with E-state index < -0.39 is 0 Å². The average molecular weight is 148 g/mol. The Morgan fingerprint density at radius 1 is 1.43 bits per heavy atom. The minimum atomic E-state index is 0. The third-order valence-electron chi connectivity index (χ3n) is 0.322. The van der Waals surface area contributed by atoms with Gasteiger partial charge in [-0.3, -0.25) is 0 Å². The molecule has 0 aromatic carbocycles. The van der Waals surface area contributed by atoms with Crippen molar-refractivity contribution in [3.05, 3.63) is 0 Å². The maximum atomic E-state index is 5.01. The molecule has 0 heterocycles. The van der Waals surface area contributed by atoms with E-state index in [1.807, 2.05) is 0 Å². The monoisotopic (exact) mass is 147 g/mol. The predicted octanol–water partition coefficient (Wildman–Crippen LogP) is 0.435. The van der Waals surface area contributed by atoms with Crippen LogP contribution in [0.15, 0.2) is 0 Å². The number of nitrogens with two attached hydrogens (primary N) is 1. The summed E-state index contributed by atoms with van der Waals surface area (Å²) in [6.45, 7) is 1.29. The first-order chi connectivity index (χ1) is 2.41. The molecule has 0 fully saturated rings. The van der Waals surface area contributed by atoms with Gasteiger partial charge in [0.2, 0.25) is 0 Å². The average Bonchev–Trinajstić information content (AvgIpc) is 1.41. The lowest BCUT2D eigenvalue weighted by molar-refractivity contribution is 0.207. The van der Waals surface area contributed by atoms with Crippen LogP contribution in [0.5, 0.6) is 0 Å². The molecule has 0 amide bonds. The molecule has 4 heteroatoms. The van der Waals surface area contributed by atoms with Crippen molar-refractivity contribution in [2.24, 2.45) is 5.73 Å².